The van der Waals surface area contributed by atoms with Crippen LogP contribution in [0.15, 0.2) is 23.1 Å². The lowest BCUT2D eigenvalue weighted by atomic mass is 10.2. The van der Waals surface area contributed by atoms with Crippen LogP contribution in [0.4, 0.5) is 4.39 Å². The molecular weight excluding hydrogens is 221 g/mol. The van der Waals surface area contributed by atoms with Crippen molar-refractivity contribution < 1.29 is 4.39 Å². The summed E-state index contributed by atoms with van der Waals surface area (Å²) >= 11 is 1.62. The molecule has 0 spiro atoms. The summed E-state index contributed by atoms with van der Waals surface area (Å²) in [5.41, 5.74) is 0.998. The Bertz CT molecular complexity index is 315. The third-order valence-corrected chi connectivity index (χ3v) is 3.52. The summed E-state index contributed by atoms with van der Waals surface area (Å²) in [7, 11) is 1.87. The Balaban J connectivity index is 2.47. The molecule has 0 bridgehead atoms. The fourth-order valence-corrected chi connectivity index (χ4v) is 2.44. The van der Waals surface area contributed by atoms with Gasteiger partial charge in [0.2, 0.25) is 0 Å². The van der Waals surface area contributed by atoms with Gasteiger partial charge >= 0.3 is 0 Å². The van der Waals surface area contributed by atoms with Gasteiger partial charge in [-0.25, -0.2) is 4.39 Å². The molecule has 0 aliphatic heterocycles. The predicted octanol–water partition coefficient (Wildman–Crippen LogP) is 3.83. The summed E-state index contributed by atoms with van der Waals surface area (Å²) < 4.78 is 13.6. The lowest BCUT2D eigenvalue weighted by molar-refractivity contribution is 0.598. The van der Waals surface area contributed by atoms with E-state index in [9.17, 15) is 4.39 Å². The molecule has 0 amide bonds. The molecule has 0 aliphatic carbocycles. The van der Waals surface area contributed by atoms with Crippen LogP contribution in [0, 0.1) is 5.82 Å². The van der Waals surface area contributed by atoms with Gasteiger partial charge in [0.25, 0.3) is 0 Å². The molecule has 0 aliphatic rings. The molecular formula is C13H20FNS. The zero-order chi connectivity index (χ0) is 11.8. The zero-order valence-corrected chi connectivity index (χ0v) is 10.9. The number of thioether (sulfide) groups is 1. The van der Waals surface area contributed by atoms with Gasteiger partial charge in [0.15, 0.2) is 0 Å². The third-order valence-electron chi connectivity index (χ3n) is 2.38. The van der Waals surface area contributed by atoms with Crippen molar-refractivity contribution >= 4 is 11.8 Å². The molecule has 0 radical (unpaired) electrons. The Morgan fingerprint density at radius 3 is 2.75 bits per heavy atom. The van der Waals surface area contributed by atoms with E-state index < -0.39 is 0 Å². The highest BCUT2D eigenvalue weighted by atomic mass is 32.2. The monoisotopic (exact) mass is 241 g/mol. The van der Waals surface area contributed by atoms with E-state index in [0.717, 1.165) is 22.8 Å². The minimum Gasteiger partial charge on any atom is -0.316 e. The highest BCUT2D eigenvalue weighted by Crippen LogP contribution is 2.23. The molecule has 1 nitrogen and oxygen atoms in total. The van der Waals surface area contributed by atoms with Gasteiger partial charge in [0.1, 0.15) is 5.82 Å². The highest BCUT2D eigenvalue weighted by molar-refractivity contribution is 7.99. The molecule has 0 saturated carbocycles. The van der Waals surface area contributed by atoms with Gasteiger partial charge in [-0.15, -0.1) is 11.8 Å². The maximum Gasteiger partial charge on any atom is 0.137 e. The SMILES string of the molecule is CCCCCSc1ccc(CNC)cc1F. The highest BCUT2D eigenvalue weighted by Gasteiger charge is 2.03. The van der Waals surface area contributed by atoms with Crippen molar-refractivity contribution in [2.24, 2.45) is 0 Å². The van der Waals surface area contributed by atoms with Gasteiger partial charge in [0, 0.05) is 11.4 Å². The van der Waals surface area contributed by atoms with Crippen molar-refractivity contribution in [3.05, 3.63) is 29.6 Å². The molecule has 1 N–H and O–H groups in total. The van der Waals surface area contributed by atoms with Crippen LogP contribution in [-0.2, 0) is 6.54 Å². The Kier molecular flexibility index (Phi) is 6.50. The van der Waals surface area contributed by atoms with E-state index in [1.807, 2.05) is 19.2 Å². The quantitative estimate of drug-likeness (QED) is 0.575. The van der Waals surface area contributed by atoms with Gasteiger partial charge < -0.3 is 5.32 Å². The van der Waals surface area contributed by atoms with Crippen LogP contribution in [0.1, 0.15) is 31.7 Å². The van der Waals surface area contributed by atoms with E-state index in [0.29, 0.717) is 0 Å². The second-order valence-electron chi connectivity index (χ2n) is 3.85. The topological polar surface area (TPSA) is 12.0 Å². The summed E-state index contributed by atoms with van der Waals surface area (Å²) in [6.07, 6.45) is 3.61. The van der Waals surface area contributed by atoms with E-state index in [1.165, 1.54) is 19.3 Å². The van der Waals surface area contributed by atoms with Gasteiger partial charge in [0.05, 0.1) is 0 Å². The predicted molar refractivity (Wildman–Crippen MR) is 69.4 cm³/mol. The summed E-state index contributed by atoms with van der Waals surface area (Å²) in [6.45, 7) is 2.90. The van der Waals surface area contributed by atoms with Gasteiger partial charge in [-0.3, -0.25) is 0 Å². The maximum absolute atomic E-state index is 13.6. The fourth-order valence-electron chi connectivity index (χ4n) is 1.51. The van der Waals surface area contributed by atoms with Crippen LogP contribution in [0.3, 0.4) is 0 Å². The summed E-state index contributed by atoms with van der Waals surface area (Å²) in [5, 5.41) is 3.02. The first-order valence-electron chi connectivity index (χ1n) is 5.83. The number of unbranched alkanes of at least 4 members (excludes halogenated alkanes) is 2. The Morgan fingerprint density at radius 2 is 2.12 bits per heavy atom. The van der Waals surface area contributed by atoms with Crippen LogP contribution >= 0.6 is 11.8 Å². The van der Waals surface area contributed by atoms with E-state index in [-0.39, 0.29) is 5.82 Å². The van der Waals surface area contributed by atoms with Crippen LogP contribution in [0.25, 0.3) is 0 Å². The van der Waals surface area contributed by atoms with Gasteiger partial charge in [-0.05, 0) is 36.9 Å². The Labute approximate surface area is 102 Å². The first-order valence-corrected chi connectivity index (χ1v) is 6.82. The van der Waals surface area contributed by atoms with Gasteiger partial charge in [-0.1, -0.05) is 25.8 Å². The normalized spacial score (nSPS) is 10.7. The lowest BCUT2D eigenvalue weighted by Gasteiger charge is -2.05. The smallest absolute Gasteiger partial charge is 0.137 e. The van der Waals surface area contributed by atoms with E-state index in [1.54, 1.807) is 17.8 Å². The van der Waals surface area contributed by atoms with E-state index >= 15 is 0 Å². The summed E-state index contributed by atoms with van der Waals surface area (Å²) in [5.74, 6) is 0.921. The molecule has 0 aromatic heterocycles. The number of nitrogens with one attached hydrogen (secondary N) is 1. The molecule has 0 saturated heterocycles. The van der Waals surface area contributed by atoms with Crippen LogP contribution < -0.4 is 5.32 Å². The lowest BCUT2D eigenvalue weighted by Crippen LogP contribution is -2.05. The molecule has 0 fully saturated rings. The number of rotatable bonds is 7. The van der Waals surface area contributed by atoms with Crippen molar-refractivity contribution in [3.8, 4) is 0 Å². The number of halogens is 1. The Morgan fingerprint density at radius 1 is 1.31 bits per heavy atom. The molecule has 1 rings (SSSR count). The fraction of sp³-hybridized carbons (Fsp3) is 0.538. The first kappa shape index (κ1) is 13.5. The maximum atomic E-state index is 13.6. The van der Waals surface area contributed by atoms with Crippen LogP contribution in [0.2, 0.25) is 0 Å². The van der Waals surface area contributed by atoms with Crippen molar-refractivity contribution in [2.45, 2.75) is 37.6 Å². The molecule has 0 heterocycles. The number of hydrogen-bond donors (Lipinski definition) is 1. The molecule has 16 heavy (non-hydrogen) atoms. The number of hydrogen-bond acceptors (Lipinski definition) is 2. The zero-order valence-electron chi connectivity index (χ0n) is 10.1. The van der Waals surface area contributed by atoms with Crippen molar-refractivity contribution in [1.29, 1.82) is 0 Å². The van der Waals surface area contributed by atoms with E-state index in [4.69, 9.17) is 0 Å². The van der Waals surface area contributed by atoms with Crippen molar-refractivity contribution in [1.82, 2.24) is 5.32 Å². The number of benzene rings is 1. The summed E-state index contributed by atoms with van der Waals surface area (Å²) in [4.78, 5) is 0.774. The van der Waals surface area contributed by atoms with Crippen LogP contribution in [-0.4, -0.2) is 12.8 Å². The van der Waals surface area contributed by atoms with E-state index in [2.05, 4.69) is 12.2 Å². The largest absolute Gasteiger partial charge is 0.316 e. The molecule has 1 aromatic carbocycles. The molecule has 3 heteroatoms. The van der Waals surface area contributed by atoms with Crippen molar-refractivity contribution in [2.75, 3.05) is 12.8 Å². The molecule has 90 valence electrons. The van der Waals surface area contributed by atoms with Crippen LogP contribution in [0.5, 0.6) is 0 Å². The standard InChI is InChI=1S/C13H20FNS/c1-3-4-5-8-16-13-7-6-11(10-15-2)9-12(13)14/h6-7,9,15H,3-5,8,10H2,1-2H3. The summed E-state index contributed by atoms with van der Waals surface area (Å²) in [6, 6.07) is 5.50. The first-order chi connectivity index (χ1) is 7.77. The van der Waals surface area contributed by atoms with Gasteiger partial charge in [-0.2, -0.15) is 0 Å². The average Bonchev–Trinajstić information content (AvgIpc) is 2.27. The molecule has 0 unspecified atom stereocenters. The van der Waals surface area contributed by atoms with Crippen molar-refractivity contribution in [3.63, 3.8) is 0 Å². The molecule has 0 atom stereocenters. The average molecular weight is 241 g/mol. The third kappa shape index (κ3) is 4.54. The minimum absolute atomic E-state index is 0.0887. The Hall–Kier alpha value is -0.540. The minimum atomic E-state index is -0.0887. The second-order valence-corrected chi connectivity index (χ2v) is 4.99. The molecule has 1 aromatic rings. The second kappa shape index (κ2) is 7.69.